The van der Waals surface area contributed by atoms with E-state index in [-0.39, 0.29) is 5.91 Å². The molecule has 0 aliphatic heterocycles. The van der Waals surface area contributed by atoms with Gasteiger partial charge >= 0.3 is 0 Å². The summed E-state index contributed by atoms with van der Waals surface area (Å²) in [7, 11) is 0. The first kappa shape index (κ1) is 16.3. The predicted octanol–water partition coefficient (Wildman–Crippen LogP) is 5.52. The van der Waals surface area contributed by atoms with Crippen molar-refractivity contribution in [2.45, 2.75) is 0 Å². The van der Waals surface area contributed by atoms with Crippen molar-refractivity contribution in [3.05, 3.63) is 90.8 Å². The van der Waals surface area contributed by atoms with Crippen LogP contribution in [0, 0.1) is 0 Å². The molecule has 0 radical (unpaired) electrons. The molecule has 0 bridgehead atoms. The summed E-state index contributed by atoms with van der Waals surface area (Å²) < 4.78 is 0. The number of H-pyrrole nitrogens is 1. The average molecular weight is 363 g/mol. The molecule has 0 spiro atoms. The number of anilines is 1. The topological polar surface area (TPSA) is 57.8 Å². The molecular formula is C24H17N3O. The number of carbonyl (C=O) groups excluding carboxylic acids is 1. The fourth-order valence-corrected chi connectivity index (χ4v) is 3.53. The summed E-state index contributed by atoms with van der Waals surface area (Å²) in [6.07, 6.45) is 5.06. The lowest BCUT2D eigenvalue weighted by molar-refractivity contribution is -0.111. The number of nitrogens with one attached hydrogen (secondary N) is 2. The Morgan fingerprint density at radius 2 is 1.64 bits per heavy atom. The molecule has 134 valence electrons. The maximum absolute atomic E-state index is 12.4. The zero-order valence-corrected chi connectivity index (χ0v) is 15.0. The highest BCUT2D eigenvalue weighted by Crippen LogP contribution is 2.25. The SMILES string of the molecule is O=C(/C=C/c1cc2c(cn1)[nH]c1ccccc12)Nc1cccc2ccccc12. The number of hydrogen-bond acceptors (Lipinski definition) is 2. The maximum Gasteiger partial charge on any atom is 0.248 e. The van der Waals surface area contributed by atoms with Gasteiger partial charge in [-0.15, -0.1) is 0 Å². The first-order valence-corrected chi connectivity index (χ1v) is 9.11. The van der Waals surface area contributed by atoms with Gasteiger partial charge in [0.2, 0.25) is 5.91 Å². The van der Waals surface area contributed by atoms with Crippen molar-refractivity contribution in [2.24, 2.45) is 0 Å². The second-order valence-electron chi connectivity index (χ2n) is 6.67. The van der Waals surface area contributed by atoms with Gasteiger partial charge in [-0.25, -0.2) is 0 Å². The van der Waals surface area contributed by atoms with Crippen molar-refractivity contribution >= 4 is 50.2 Å². The fourth-order valence-electron chi connectivity index (χ4n) is 3.53. The molecule has 3 aromatic carbocycles. The molecule has 5 aromatic rings. The summed E-state index contributed by atoms with van der Waals surface area (Å²) in [5.74, 6) is -0.183. The molecule has 0 aliphatic carbocycles. The fraction of sp³-hybridized carbons (Fsp3) is 0. The summed E-state index contributed by atoms with van der Waals surface area (Å²) in [6, 6.07) is 24.0. The van der Waals surface area contributed by atoms with Crippen LogP contribution in [0.5, 0.6) is 0 Å². The third kappa shape index (κ3) is 2.91. The summed E-state index contributed by atoms with van der Waals surface area (Å²) in [4.78, 5) is 20.2. The standard InChI is InChI=1S/C24H17N3O/c28-24(27-21-11-5-7-16-6-1-2-8-18(16)21)13-12-17-14-20-19-9-3-4-10-22(19)26-23(20)15-25-17/h1-15,26H,(H,27,28)/b13-12+. The van der Waals surface area contributed by atoms with Gasteiger partial charge in [-0.2, -0.15) is 0 Å². The Balaban J connectivity index is 1.42. The van der Waals surface area contributed by atoms with E-state index in [0.29, 0.717) is 0 Å². The van der Waals surface area contributed by atoms with Crippen molar-refractivity contribution in [2.75, 3.05) is 5.32 Å². The quantitative estimate of drug-likeness (QED) is 0.415. The number of hydrogen-bond donors (Lipinski definition) is 2. The molecule has 0 atom stereocenters. The minimum Gasteiger partial charge on any atom is -0.353 e. The molecule has 0 aliphatic rings. The normalized spacial score (nSPS) is 11.6. The van der Waals surface area contributed by atoms with Gasteiger partial charge in [0.25, 0.3) is 0 Å². The van der Waals surface area contributed by atoms with E-state index in [4.69, 9.17) is 0 Å². The van der Waals surface area contributed by atoms with Crippen molar-refractivity contribution in [1.29, 1.82) is 0 Å². The van der Waals surface area contributed by atoms with Gasteiger partial charge in [-0.3, -0.25) is 9.78 Å². The summed E-state index contributed by atoms with van der Waals surface area (Å²) in [5.41, 5.74) is 3.60. The highest BCUT2D eigenvalue weighted by Gasteiger charge is 2.06. The molecular weight excluding hydrogens is 346 g/mol. The maximum atomic E-state index is 12.4. The van der Waals surface area contributed by atoms with Crippen LogP contribution in [0.4, 0.5) is 5.69 Å². The summed E-state index contributed by atoms with van der Waals surface area (Å²) >= 11 is 0. The molecule has 0 fully saturated rings. The molecule has 2 N–H and O–H groups in total. The lowest BCUT2D eigenvalue weighted by atomic mass is 10.1. The Labute approximate surface area is 161 Å². The van der Waals surface area contributed by atoms with E-state index in [1.165, 1.54) is 6.08 Å². The molecule has 1 amide bonds. The number of fused-ring (bicyclic) bond motifs is 4. The molecule has 0 saturated carbocycles. The second-order valence-corrected chi connectivity index (χ2v) is 6.67. The molecule has 5 rings (SSSR count). The minimum atomic E-state index is -0.183. The number of pyridine rings is 1. The van der Waals surface area contributed by atoms with E-state index in [1.54, 1.807) is 12.3 Å². The molecule has 4 nitrogen and oxygen atoms in total. The van der Waals surface area contributed by atoms with Crippen LogP contribution in [0.15, 0.2) is 85.1 Å². The van der Waals surface area contributed by atoms with E-state index >= 15 is 0 Å². The van der Waals surface area contributed by atoms with Gasteiger partial charge in [-0.1, -0.05) is 54.6 Å². The van der Waals surface area contributed by atoms with E-state index in [2.05, 4.69) is 21.4 Å². The highest BCUT2D eigenvalue weighted by molar-refractivity contribution is 6.09. The van der Waals surface area contributed by atoms with E-state index in [0.717, 1.165) is 44.0 Å². The van der Waals surface area contributed by atoms with Gasteiger partial charge in [0.15, 0.2) is 0 Å². The average Bonchev–Trinajstić information content (AvgIpc) is 3.10. The van der Waals surface area contributed by atoms with Crippen molar-refractivity contribution in [1.82, 2.24) is 9.97 Å². The Morgan fingerprint density at radius 1 is 0.857 bits per heavy atom. The number of carbonyl (C=O) groups is 1. The zero-order valence-electron chi connectivity index (χ0n) is 15.0. The van der Waals surface area contributed by atoms with Crippen molar-refractivity contribution in [3.63, 3.8) is 0 Å². The number of nitrogens with zero attached hydrogens (tertiary/aromatic N) is 1. The molecule has 28 heavy (non-hydrogen) atoms. The smallest absolute Gasteiger partial charge is 0.248 e. The van der Waals surface area contributed by atoms with Crippen LogP contribution < -0.4 is 5.32 Å². The van der Waals surface area contributed by atoms with E-state index in [1.807, 2.05) is 66.7 Å². The first-order valence-electron chi connectivity index (χ1n) is 9.11. The summed E-state index contributed by atoms with van der Waals surface area (Å²) in [5, 5.41) is 7.31. The van der Waals surface area contributed by atoms with Gasteiger partial charge < -0.3 is 10.3 Å². The Bertz CT molecular complexity index is 1360. The summed E-state index contributed by atoms with van der Waals surface area (Å²) in [6.45, 7) is 0. The highest BCUT2D eigenvalue weighted by atomic mass is 16.1. The van der Waals surface area contributed by atoms with Crippen LogP contribution >= 0.6 is 0 Å². The lowest BCUT2D eigenvalue weighted by Crippen LogP contribution is -2.08. The van der Waals surface area contributed by atoms with Crippen molar-refractivity contribution < 1.29 is 4.79 Å². The molecule has 2 heterocycles. The van der Waals surface area contributed by atoms with E-state index in [9.17, 15) is 4.79 Å². The zero-order chi connectivity index (χ0) is 18.9. The number of aromatic amines is 1. The van der Waals surface area contributed by atoms with Gasteiger partial charge in [0.1, 0.15) is 0 Å². The number of rotatable bonds is 3. The second kappa shape index (κ2) is 6.67. The van der Waals surface area contributed by atoms with Crippen LogP contribution in [0.1, 0.15) is 5.69 Å². The van der Waals surface area contributed by atoms with Gasteiger partial charge in [-0.05, 0) is 29.7 Å². The van der Waals surface area contributed by atoms with Crippen LogP contribution in [0.25, 0.3) is 38.7 Å². The largest absolute Gasteiger partial charge is 0.353 e. The molecule has 2 aromatic heterocycles. The number of amides is 1. The first-order chi connectivity index (χ1) is 13.8. The third-order valence-corrected chi connectivity index (χ3v) is 4.86. The molecule has 0 unspecified atom stereocenters. The van der Waals surface area contributed by atoms with Gasteiger partial charge in [0, 0.05) is 33.4 Å². The predicted molar refractivity (Wildman–Crippen MR) is 115 cm³/mol. The van der Waals surface area contributed by atoms with Crippen LogP contribution in [0.3, 0.4) is 0 Å². The Kier molecular flexibility index (Phi) is 3.87. The molecule has 4 heteroatoms. The monoisotopic (exact) mass is 363 g/mol. The van der Waals surface area contributed by atoms with Crippen LogP contribution in [0.2, 0.25) is 0 Å². The third-order valence-electron chi connectivity index (χ3n) is 4.86. The Morgan fingerprint density at radius 3 is 2.57 bits per heavy atom. The minimum absolute atomic E-state index is 0.183. The lowest BCUT2D eigenvalue weighted by Gasteiger charge is -2.06. The number of aromatic nitrogens is 2. The van der Waals surface area contributed by atoms with Gasteiger partial charge in [0.05, 0.1) is 17.4 Å². The molecule has 0 saturated heterocycles. The number of benzene rings is 3. The van der Waals surface area contributed by atoms with Crippen LogP contribution in [-0.2, 0) is 4.79 Å². The number of para-hydroxylation sites is 1. The van der Waals surface area contributed by atoms with Crippen LogP contribution in [-0.4, -0.2) is 15.9 Å². The van der Waals surface area contributed by atoms with Crippen molar-refractivity contribution in [3.8, 4) is 0 Å². The van der Waals surface area contributed by atoms with E-state index < -0.39 is 0 Å². The Hall–Kier alpha value is -3.92.